The van der Waals surface area contributed by atoms with Crippen molar-refractivity contribution >= 4 is 11.9 Å². The fraction of sp³-hybridized carbons (Fsp3) is 0.385. The first-order valence-electron chi connectivity index (χ1n) is 10.6. The molecule has 3 atom stereocenters. The second-order valence-corrected chi connectivity index (χ2v) is 8.26. The minimum Gasteiger partial charge on any atom is -0.466 e. The van der Waals surface area contributed by atoms with Crippen molar-refractivity contribution in [3.8, 4) is 0 Å². The molecule has 0 bridgehead atoms. The number of rotatable bonds is 6. The van der Waals surface area contributed by atoms with Gasteiger partial charge in [-0.1, -0.05) is 53.6 Å². The zero-order valence-corrected chi connectivity index (χ0v) is 18.5. The number of ether oxygens (including phenoxy) is 1. The van der Waals surface area contributed by atoms with Gasteiger partial charge in [-0.25, -0.2) is 0 Å². The van der Waals surface area contributed by atoms with Crippen LogP contribution in [0.2, 0.25) is 0 Å². The van der Waals surface area contributed by atoms with Crippen LogP contribution in [0.5, 0.6) is 0 Å². The van der Waals surface area contributed by atoms with Crippen LogP contribution in [0.3, 0.4) is 0 Å². The van der Waals surface area contributed by atoms with Crippen molar-refractivity contribution in [2.45, 2.75) is 53.0 Å². The number of nitrogens with one attached hydrogen (secondary N) is 1. The summed E-state index contributed by atoms with van der Waals surface area (Å²) in [6.45, 7) is 10.2. The lowest BCUT2D eigenvalue weighted by molar-refractivity contribution is -0.146. The van der Waals surface area contributed by atoms with Gasteiger partial charge in [-0.3, -0.25) is 9.59 Å². The first kappa shape index (κ1) is 21.8. The Balaban J connectivity index is 1.78. The second-order valence-electron chi connectivity index (χ2n) is 8.26. The van der Waals surface area contributed by atoms with E-state index in [1.165, 1.54) is 0 Å². The normalized spacial score (nSPS) is 18.8. The molecule has 1 amide bonds. The lowest BCUT2D eigenvalue weighted by Crippen LogP contribution is -2.34. The van der Waals surface area contributed by atoms with E-state index >= 15 is 0 Å². The number of carbonyl (C=O) groups excluding carboxylic acids is 2. The molecule has 0 aromatic heterocycles. The van der Waals surface area contributed by atoms with Crippen molar-refractivity contribution in [1.29, 1.82) is 0 Å². The van der Waals surface area contributed by atoms with Gasteiger partial charge in [0.05, 0.1) is 12.5 Å². The molecular weight excluding hydrogens is 374 g/mol. The molecule has 0 spiro atoms. The molecule has 0 radical (unpaired) electrons. The maximum Gasteiger partial charge on any atom is 0.314 e. The molecule has 2 aromatic rings. The van der Waals surface area contributed by atoms with Crippen molar-refractivity contribution < 1.29 is 14.3 Å². The lowest BCUT2D eigenvalue weighted by atomic mass is 9.84. The van der Waals surface area contributed by atoms with E-state index in [9.17, 15) is 9.59 Å². The molecule has 2 aromatic carbocycles. The van der Waals surface area contributed by atoms with E-state index in [1.54, 1.807) is 0 Å². The van der Waals surface area contributed by atoms with Crippen LogP contribution in [0, 0.1) is 33.6 Å². The number of amides is 1. The van der Waals surface area contributed by atoms with Crippen LogP contribution in [-0.2, 0) is 9.53 Å². The number of hydrogen-bond acceptors (Lipinski definition) is 3. The van der Waals surface area contributed by atoms with Gasteiger partial charge in [0.15, 0.2) is 0 Å². The monoisotopic (exact) mass is 405 g/mol. The highest BCUT2D eigenvalue weighted by Gasteiger charge is 2.34. The van der Waals surface area contributed by atoms with Crippen LogP contribution < -0.4 is 5.32 Å². The maximum atomic E-state index is 12.8. The average molecular weight is 406 g/mol. The van der Waals surface area contributed by atoms with Crippen LogP contribution in [0.15, 0.2) is 48.6 Å². The molecule has 4 heteroatoms. The third kappa shape index (κ3) is 4.81. The Labute approximate surface area is 179 Å². The number of aryl methyl sites for hydroxylation is 3. The van der Waals surface area contributed by atoms with Crippen molar-refractivity contribution in [1.82, 2.24) is 5.32 Å². The van der Waals surface area contributed by atoms with E-state index in [-0.39, 0.29) is 29.8 Å². The summed E-state index contributed by atoms with van der Waals surface area (Å²) in [7, 11) is 0. The Hall–Kier alpha value is -2.88. The zero-order valence-electron chi connectivity index (χ0n) is 18.5. The van der Waals surface area contributed by atoms with E-state index in [1.807, 2.05) is 65.0 Å². The molecule has 4 nitrogen and oxygen atoms in total. The lowest BCUT2D eigenvalue weighted by Gasteiger charge is -2.23. The van der Waals surface area contributed by atoms with Crippen LogP contribution in [0.1, 0.15) is 57.4 Å². The molecule has 158 valence electrons. The summed E-state index contributed by atoms with van der Waals surface area (Å²) < 4.78 is 5.40. The minimum absolute atomic E-state index is 0.0193. The molecule has 0 saturated heterocycles. The van der Waals surface area contributed by atoms with E-state index in [0.29, 0.717) is 18.6 Å². The first-order valence-corrected chi connectivity index (χ1v) is 10.6. The summed E-state index contributed by atoms with van der Waals surface area (Å²) in [5.41, 5.74) is 6.01. The van der Waals surface area contributed by atoms with Gasteiger partial charge < -0.3 is 10.1 Å². The van der Waals surface area contributed by atoms with Gasteiger partial charge in [-0.2, -0.15) is 0 Å². The number of benzene rings is 2. The third-order valence-corrected chi connectivity index (χ3v) is 5.85. The topological polar surface area (TPSA) is 55.4 Å². The Morgan fingerprint density at radius 2 is 1.77 bits per heavy atom. The molecule has 0 fully saturated rings. The molecule has 0 heterocycles. The fourth-order valence-electron chi connectivity index (χ4n) is 4.30. The first-order chi connectivity index (χ1) is 14.3. The highest BCUT2D eigenvalue weighted by Crippen LogP contribution is 2.35. The van der Waals surface area contributed by atoms with E-state index in [2.05, 4.69) is 23.5 Å². The number of esters is 1. The van der Waals surface area contributed by atoms with Crippen molar-refractivity contribution in [3.63, 3.8) is 0 Å². The van der Waals surface area contributed by atoms with Crippen molar-refractivity contribution in [2.75, 3.05) is 6.61 Å². The van der Waals surface area contributed by atoms with Crippen molar-refractivity contribution in [2.24, 2.45) is 5.92 Å². The largest absolute Gasteiger partial charge is 0.466 e. The highest BCUT2D eigenvalue weighted by molar-refractivity contribution is 5.96. The quantitative estimate of drug-likeness (QED) is 0.547. The predicted molar refractivity (Wildman–Crippen MR) is 120 cm³/mol. The molecule has 1 aliphatic rings. The molecule has 1 N–H and O–H groups in total. The van der Waals surface area contributed by atoms with E-state index in [4.69, 9.17) is 4.74 Å². The molecule has 30 heavy (non-hydrogen) atoms. The van der Waals surface area contributed by atoms with Crippen LogP contribution in [-0.4, -0.2) is 24.5 Å². The fourth-order valence-corrected chi connectivity index (χ4v) is 4.30. The van der Waals surface area contributed by atoms with Crippen LogP contribution >= 0.6 is 0 Å². The molecule has 0 aliphatic heterocycles. The highest BCUT2D eigenvalue weighted by atomic mass is 16.5. The van der Waals surface area contributed by atoms with E-state index in [0.717, 1.165) is 27.8 Å². The van der Waals surface area contributed by atoms with Gasteiger partial charge in [0, 0.05) is 11.6 Å². The Morgan fingerprint density at radius 1 is 1.07 bits per heavy atom. The Morgan fingerprint density at radius 3 is 2.43 bits per heavy atom. The van der Waals surface area contributed by atoms with Crippen molar-refractivity contribution in [3.05, 3.63) is 81.9 Å². The standard InChI is InChI=1S/C26H31NO3/c1-6-30-26(29)24(21-13-16(2)12-17(3)14-21)20-10-11-22(15-20)27-25(28)23-9-7-8-18(4)19(23)5/h7-14,20,22,24H,6,15H2,1-5H3,(H,27,28)/t20-,22+,24+/m1/s1. The van der Waals surface area contributed by atoms with Gasteiger partial charge in [0.2, 0.25) is 0 Å². The predicted octanol–water partition coefficient (Wildman–Crippen LogP) is 4.94. The third-order valence-electron chi connectivity index (χ3n) is 5.85. The smallest absolute Gasteiger partial charge is 0.314 e. The number of allylic oxidation sites excluding steroid dienone is 1. The maximum absolute atomic E-state index is 12.8. The van der Waals surface area contributed by atoms with Gasteiger partial charge >= 0.3 is 5.97 Å². The Bertz CT molecular complexity index is 956. The SMILES string of the molecule is CCOC(=O)[C@H](c1cc(C)cc(C)c1)[C@@H]1C=C[C@H](NC(=O)c2cccc(C)c2C)C1. The van der Waals surface area contributed by atoms with Gasteiger partial charge in [-0.15, -0.1) is 0 Å². The number of hydrogen-bond donors (Lipinski definition) is 1. The average Bonchev–Trinajstić information content (AvgIpc) is 3.11. The van der Waals surface area contributed by atoms with Gasteiger partial charge in [0.1, 0.15) is 0 Å². The molecule has 3 rings (SSSR count). The minimum atomic E-state index is -0.373. The summed E-state index contributed by atoms with van der Waals surface area (Å²) in [5.74, 6) is -0.680. The van der Waals surface area contributed by atoms with Gasteiger partial charge in [-0.05, 0) is 69.7 Å². The summed E-state index contributed by atoms with van der Waals surface area (Å²) in [6.07, 6.45) is 4.73. The summed E-state index contributed by atoms with van der Waals surface area (Å²) in [6, 6.07) is 11.9. The molecule has 0 saturated carbocycles. The summed E-state index contributed by atoms with van der Waals surface area (Å²) in [5, 5.41) is 3.12. The van der Waals surface area contributed by atoms with Crippen LogP contribution in [0.25, 0.3) is 0 Å². The van der Waals surface area contributed by atoms with Gasteiger partial charge in [0.25, 0.3) is 5.91 Å². The van der Waals surface area contributed by atoms with Crippen LogP contribution in [0.4, 0.5) is 0 Å². The second kappa shape index (κ2) is 9.29. The molecule has 1 aliphatic carbocycles. The molecule has 0 unspecified atom stereocenters. The Kier molecular flexibility index (Phi) is 6.76. The van der Waals surface area contributed by atoms with E-state index < -0.39 is 0 Å². The zero-order chi connectivity index (χ0) is 21.8. The molecular formula is C26H31NO3. The summed E-state index contributed by atoms with van der Waals surface area (Å²) >= 11 is 0. The summed E-state index contributed by atoms with van der Waals surface area (Å²) in [4.78, 5) is 25.7. The number of carbonyl (C=O) groups is 2.